The second kappa shape index (κ2) is 7.44. The minimum Gasteiger partial charge on any atom is -0.512 e. The zero-order valence-corrected chi connectivity index (χ0v) is 11.6. The number of para-hydroxylation sites is 1. The maximum absolute atomic E-state index is 9.52. The van der Waals surface area contributed by atoms with Gasteiger partial charge in [-0.15, -0.1) is 0 Å². The fourth-order valence-electron chi connectivity index (χ4n) is 1.59. The molecule has 1 aromatic rings. The zero-order valence-electron chi connectivity index (χ0n) is 11.6. The molecule has 0 aliphatic carbocycles. The van der Waals surface area contributed by atoms with Gasteiger partial charge in [0.15, 0.2) is 0 Å². The molecule has 0 spiro atoms. The van der Waals surface area contributed by atoms with Crippen molar-refractivity contribution in [3.05, 3.63) is 30.3 Å². The Bertz CT molecular complexity index is 322. The van der Waals surface area contributed by atoms with Crippen molar-refractivity contribution in [2.24, 2.45) is 5.41 Å². The molecule has 1 N–H and O–H groups in total. The minimum absolute atomic E-state index is 0.360. The first-order chi connectivity index (χ1) is 8.47. The van der Waals surface area contributed by atoms with Crippen molar-refractivity contribution in [3.8, 4) is 5.75 Å². The van der Waals surface area contributed by atoms with Crippen LogP contribution in [0.25, 0.3) is 0 Å². The maximum Gasteiger partial charge on any atom is 0.710 e. The van der Waals surface area contributed by atoms with Gasteiger partial charge in [0.1, 0.15) is 5.75 Å². The van der Waals surface area contributed by atoms with Crippen LogP contribution >= 0.6 is 0 Å². The van der Waals surface area contributed by atoms with Crippen LogP contribution in [0, 0.1) is 5.41 Å². The second-order valence-corrected chi connectivity index (χ2v) is 5.63. The van der Waals surface area contributed by atoms with Gasteiger partial charge in [-0.2, -0.15) is 0 Å². The molecule has 0 saturated carbocycles. The lowest BCUT2D eigenvalue weighted by Crippen LogP contribution is -2.26. The minimum atomic E-state index is -1.18. The van der Waals surface area contributed by atoms with Gasteiger partial charge in [-0.1, -0.05) is 45.4 Å². The lowest BCUT2D eigenvalue weighted by atomic mass is 9.90. The van der Waals surface area contributed by atoms with Crippen LogP contribution in [-0.2, 0) is 4.65 Å². The monoisotopic (exact) mass is 250 g/mol. The van der Waals surface area contributed by atoms with E-state index in [1.807, 2.05) is 18.2 Å². The van der Waals surface area contributed by atoms with Crippen molar-refractivity contribution in [2.45, 2.75) is 40.0 Å². The Balaban J connectivity index is 2.09. The normalized spacial score (nSPS) is 11.3. The molecule has 0 fully saturated rings. The molecule has 100 valence electrons. The summed E-state index contributed by atoms with van der Waals surface area (Å²) < 4.78 is 10.4. The smallest absolute Gasteiger partial charge is 0.512 e. The standard InChI is InChI=1S/C14H23BO3/c1-14(2,3)11-7-8-12-17-15(16)18-13-9-5-4-6-10-13/h4-6,9-10,16H,7-8,11-12H2,1-3H3. The highest BCUT2D eigenvalue weighted by atomic mass is 16.7. The van der Waals surface area contributed by atoms with Gasteiger partial charge in [-0.3, -0.25) is 0 Å². The van der Waals surface area contributed by atoms with Crippen LogP contribution in [0.15, 0.2) is 30.3 Å². The van der Waals surface area contributed by atoms with E-state index >= 15 is 0 Å². The molecule has 0 aliphatic rings. The fraction of sp³-hybridized carbons (Fsp3) is 0.571. The SMILES string of the molecule is CC(C)(C)CCCCOB(O)Oc1ccccc1. The van der Waals surface area contributed by atoms with Crippen LogP contribution in [-0.4, -0.2) is 19.0 Å². The summed E-state index contributed by atoms with van der Waals surface area (Å²) in [5.74, 6) is 0.611. The third kappa shape index (κ3) is 7.35. The van der Waals surface area contributed by atoms with Gasteiger partial charge in [0.05, 0.1) is 0 Å². The Morgan fingerprint density at radius 1 is 1.11 bits per heavy atom. The molecule has 3 nitrogen and oxygen atoms in total. The molecule has 0 heterocycles. The summed E-state index contributed by atoms with van der Waals surface area (Å²) in [6.07, 6.45) is 3.19. The zero-order chi connectivity index (χ0) is 13.4. The summed E-state index contributed by atoms with van der Waals surface area (Å²) in [5, 5.41) is 9.52. The van der Waals surface area contributed by atoms with Gasteiger partial charge in [0.25, 0.3) is 0 Å². The third-order valence-corrected chi connectivity index (χ3v) is 2.56. The molecular weight excluding hydrogens is 227 g/mol. The first-order valence-electron chi connectivity index (χ1n) is 6.49. The fourth-order valence-corrected chi connectivity index (χ4v) is 1.59. The summed E-state index contributed by atoms with van der Waals surface area (Å²) in [6, 6.07) is 9.17. The predicted octanol–water partition coefficient (Wildman–Crippen LogP) is 3.28. The van der Waals surface area contributed by atoms with Crippen molar-refractivity contribution in [2.75, 3.05) is 6.61 Å². The van der Waals surface area contributed by atoms with Crippen molar-refractivity contribution < 1.29 is 14.3 Å². The van der Waals surface area contributed by atoms with Gasteiger partial charge in [-0.25, -0.2) is 0 Å². The van der Waals surface area contributed by atoms with E-state index in [1.54, 1.807) is 12.1 Å². The Morgan fingerprint density at radius 2 is 1.78 bits per heavy atom. The Morgan fingerprint density at radius 3 is 2.39 bits per heavy atom. The summed E-state index contributed by atoms with van der Waals surface area (Å²) in [5.41, 5.74) is 0.360. The predicted molar refractivity (Wildman–Crippen MR) is 74.3 cm³/mol. The highest BCUT2D eigenvalue weighted by Crippen LogP contribution is 2.21. The number of benzene rings is 1. The van der Waals surface area contributed by atoms with Crippen molar-refractivity contribution >= 4 is 7.32 Å². The molecule has 0 radical (unpaired) electrons. The topological polar surface area (TPSA) is 38.7 Å². The molecule has 0 aromatic heterocycles. The van der Waals surface area contributed by atoms with E-state index in [0.717, 1.165) is 19.3 Å². The molecule has 0 saturated heterocycles. The van der Waals surface area contributed by atoms with Crippen LogP contribution in [0.5, 0.6) is 5.75 Å². The number of rotatable bonds is 7. The van der Waals surface area contributed by atoms with Crippen LogP contribution in [0.2, 0.25) is 0 Å². The average molecular weight is 250 g/mol. The molecule has 0 bridgehead atoms. The first kappa shape index (κ1) is 15.1. The summed E-state index contributed by atoms with van der Waals surface area (Å²) >= 11 is 0. The van der Waals surface area contributed by atoms with E-state index in [-0.39, 0.29) is 0 Å². The highest BCUT2D eigenvalue weighted by Gasteiger charge is 2.17. The molecule has 0 atom stereocenters. The average Bonchev–Trinajstić information content (AvgIpc) is 2.28. The van der Waals surface area contributed by atoms with Crippen LogP contribution in [0.1, 0.15) is 40.0 Å². The second-order valence-electron chi connectivity index (χ2n) is 5.63. The van der Waals surface area contributed by atoms with E-state index in [1.165, 1.54) is 0 Å². The van der Waals surface area contributed by atoms with Crippen LogP contribution in [0.4, 0.5) is 0 Å². The van der Waals surface area contributed by atoms with E-state index in [0.29, 0.717) is 17.8 Å². The van der Waals surface area contributed by atoms with Crippen LogP contribution in [0.3, 0.4) is 0 Å². The summed E-state index contributed by atoms with van der Waals surface area (Å²) in [6.45, 7) is 7.19. The van der Waals surface area contributed by atoms with Gasteiger partial charge in [0, 0.05) is 6.61 Å². The number of hydrogen-bond donors (Lipinski definition) is 1. The third-order valence-electron chi connectivity index (χ3n) is 2.56. The Kier molecular flexibility index (Phi) is 6.23. The van der Waals surface area contributed by atoms with E-state index in [9.17, 15) is 5.02 Å². The molecule has 0 unspecified atom stereocenters. The highest BCUT2D eigenvalue weighted by molar-refractivity contribution is 6.35. The van der Waals surface area contributed by atoms with E-state index in [2.05, 4.69) is 20.8 Å². The van der Waals surface area contributed by atoms with Crippen molar-refractivity contribution in [1.29, 1.82) is 0 Å². The molecule has 0 amide bonds. The maximum atomic E-state index is 9.52. The van der Waals surface area contributed by atoms with Crippen LogP contribution < -0.4 is 4.65 Å². The molecule has 18 heavy (non-hydrogen) atoms. The van der Waals surface area contributed by atoms with Crippen molar-refractivity contribution in [1.82, 2.24) is 0 Å². The molecule has 0 aliphatic heterocycles. The molecule has 4 heteroatoms. The summed E-state index contributed by atoms with van der Waals surface area (Å²) in [7, 11) is -1.18. The molecule has 1 rings (SSSR count). The van der Waals surface area contributed by atoms with E-state index in [4.69, 9.17) is 9.31 Å². The first-order valence-corrected chi connectivity index (χ1v) is 6.49. The lowest BCUT2D eigenvalue weighted by Gasteiger charge is -2.17. The Hall–Kier alpha value is -0.995. The van der Waals surface area contributed by atoms with Crippen molar-refractivity contribution in [3.63, 3.8) is 0 Å². The largest absolute Gasteiger partial charge is 0.710 e. The summed E-state index contributed by atoms with van der Waals surface area (Å²) in [4.78, 5) is 0. The number of unbranched alkanes of at least 4 members (excludes halogenated alkanes) is 1. The van der Waals surface area contributed by atoms with E-state index < -0.39 is 7.32 Å². The molecular formula is C14H23BO3. The number of hydrogen-bond acceptors (Lipinski definition) is 3. The molecule has 1 aromatic carbocycles. The van der Waals surface area contributed by atoms with Gasteiger partial charge >= 0.3 is 7.32 Å². The van der Waals surface area contributed by atoms with Gasteiger partial charge < -0.3 is 14.3 Å². The Labute approximate surface area is 110 Å². The quantitative estimate of drug-likeness (QED) is 0.596. The lowest BCUT2D eigenvalue weighted by molar-refractivity contribution is 0.186. The van der Waals surface area contributed by atoms with Gasteiger partial charge in [-0.05, 0) is 30.4 Å². The van der Waals surface area contributed by atoms with Gasteiger partial charge in [0.2, 0.25) is 0 Å².